The van der Waals surface area contributed by atoms with E-state index in [1.807, 2.05) is 10.6 Å². The van der Waals surface area contributed by atoms with E-state index in [2.05, 4.69) is 11.1 Å². The Balaban J connectivity index is 2.65. The third kappa shape index (κ3) is 1.25. The molecule has 2 N–H and O–H groups in total. The smallest absolute Gasteiger partial charge is 0.138 e. The second-order valence-corrected chi connectivity index (χ2v) is 2.73. The molecule has 2 aromatic heterocycles. The third-order valence-corrected chi connectivity index (χ3v) is 1.85. The number of fused-ring (bicyclic) bond motifs is 1. The zero-order chi connectivity index (χ0) is 9.26. The maximum atomic E-state index is 8.65. The molecule has 2 heterocycles. The van der Waals surface area contributed by atoms with Crippen LogP contribution in [0.4, 0.5) is 0 Å². The highest BCUT2D eigenvalue weighted by atomic mass is 15.0. The largest absolute Gasteiger partial charge is 0.325 e. The zero-order valence-corrected chi connectivity index (χ0v) is 6.94. The second-order valence-electron chi connectivity index (χ2n) is 2.73. The Morgan fingerprint density at radius 2 is 2.46 bits per heavy atom. The summed E-state index contributed by atoms with van der Waals surface area (Å²) >= 11 is 0. The highest BCUT2D eigenvalue weighted by Gasteiger charge is 1.99. The summed E-state index contributed by atoms with van der Waals surface area (Å²) in [5.41, 5.74) is 7.65. The molecule has 13 heavy (non-hydrogen) atoms. The number of imidazole rings is 1. The number of hydrogen-bond donors (Lipinski definition) is 1. The van der Waals surface area contributed by atoms with Crippen molar-refractivity contribution >= 4 is 5.65 Å². The number of nitrogens with zero attached hydrogens (tertiary/aromatic N) is 3. The predicted molar refractivity (Wildman–Crippen MR) is 47.8 cm³/mol. The molecule has 4 nitrogen and oxygen atoms in total. The molecular weight excluding hydrogens is 164 g/mol. The Labute approximate surface area is 75.2 Å². The highest BCUT2D eigenvalue weighted by molar-refractivity contribution is 5.46. The molecule has 0 radical (unpaired) electrons. The fourth-order valence-corrected chi connectivity index (χ4v) is 1.20. The molecule has 0 saturated heterocycles. The molecule has 0 spiro atoms. The number of aromatic nitrogens is 2. The van der Waals surface area contributed by atoms with E-state index >= 15 is 0 Å². The topological polar surface area (TPSA) is 67.1 Å². The first-order valence-corrected chi connectivity index (χ1v) is 3.91. The first-order valence-electron chi connectivity index (χ1n) is 3.91. The number of nitrogens with two attached hydrogens (primary N) is 1. The van der Waals surface area contributed by atoms with Crippen molar-refractivity contribution in [1.82, 2.24) is 9.38 Å². The van der Waals surface area contributed by atoms with E-state index in [1.165, 1.54) is 0 Å². The minimum absolute atomic E-state index is 0.420. The van der Waals surface area contributed by atoms with Gasteiger partial charge < -0.3 is 10.1 Å². The van der Waals surface area contributed by atoms with Crippen LogP contribution in [0.15, 0.2) is 24.5 Å². The van der Waals surface area contributed by atoms with Crippen LogP contribution in [0, 0.1) is 11.3 Å². The summed E-state index contributed by atoms with van der Waals surface area (Å²) in [5.74, 6) is 0. The molecule has 2 aromatic rings. The molecule has 0 amide bonds. The van der Waals surface area contributed by atoms with E-state index in [1.54, 1.807) is 18.3 Å². The molecular formula is C9H8N4. The summed E-state index contributed by atoms with van der Waals surface area (Å²) in [7, 11) is 0. The van der Waals surface area contributed by atoms with Gasteiger partial charge in [0.1, 0.15) is 5.65 Å². The van der Waals surface area contributed by atoms with E-state index in [4.69, 9.17) is 11.0 Å². The van der Waals surface area contributed by atoms with Crippen LogP contribution >= 0.6 is 0 Å². The van der Waals surface area contributed by atoms with Crippen LogP contribution in [0.2, 0.25) is 0 Å². The minimum atomic E-state index is 0.420. The molecule has 0 saturated carbocycles. The summed E-state index contributed by atoms with van der Waals surface area (Å²) in [6.45, 7) is 0.420. The fourth-order valence-electron chi connectivity index (χ4n) is 1.20. The zero-order valence-electron chi connectivity index (χ0n) is 6.94. The Hall–Kier alpha value is -1.86. The lowest BCUT2D eigenvalue weighted by Gasteiger charge is -1.90. The normalized spacial score (nSPS) is 10.2. The summed E-state index contributed by atoms with van der Waals surface area (Å²) in [4.78, 5) is 4.23. The summed E-state index contributed by atoms with van der Waals surface area (Å²) in [6.07, 6.45) is 3.66. The molecule has 0 aliphatic heterocycles. The van der Waals surface area contributed by atoms with E-state index in [-0.39, 0.29) is 0 Å². The van der Waals surface area contributed by atoms with Crippen LogP contribution in [0.3, 0.4) is 0 Å². The molecule has 2 rings (SSSR count). The molecule has 0 unspecified atom stereocenters. The number of rotatable bonds is 1. The van der Waals surface area contributed by atoms with Gasteiger partial charge in [0.05, 0.1) is 17.3 Å². The standard InChI is InChI=1S/C9H8N4/c10-4-7-1-2-13-6-8(5-11)12-9(13)3-7/h1-3,6H,5,11H2. The van der Waals surface area contributed by atoms with E-state index in [9.17, 15) is 0 Å². The van der Waals surface area contributed by atoms with Crippen molar-refractivity contribution < 1.29 is 0 Å². The number of nitriles is 1. The van der Waals surface area contributed by atoms with Crippen molar-refractivity contribution in [3.63, 3.8) is 0 Å². The molecule has 0 fully saturated rings. The van der Waals surface area contributed by atoms with Crippen molar-refractivity contribution in [2.45, 2.75) is 6.54 Å². The van der Waals surface area contributed by atoms with Crippen LogP contribution in [0.5, 0.6) is 0 Å². The lowest BCUT2D eigenvalue weighted by atomic mass is 10.3. The van der Waals surface area contributed by atoms with Gasteiger partial charge in [-0.25, -0.2) is 4.98 Å². The van der Waals surface area contributed by atoms with Gasteiger partial charge in [-0.05, 0) is 12.1 Å². The molecule has 0 aliphatic carbocycles. The van der Waals surface area contributed by atoms with Crippen LogP contribution in [-0.2, 0) is 6.54 Å². The van der Waals surface area contributed by atoms with E-state index < -0.39 is 0 Å². The van der Waals surface area contributed by atoms with Gasteiger partial charge in [0, 0.05) is 18.9 Å². The van der Waals surface area contributed by atoms with Gasteiger partial charge in [0.15, 0.2) is 0 Å². The number of hydrogen-bond acceptors (Lipinski definition) is 3. The van der Waals surface area contributed by atoms with Crippen molar-refractivity contribution in [2.24, 2.45) is 5.73 Å². The van der Waals surface area contributed by atoms with Gasteiger partial charge in [-0.2, -0.15) is 5.26 Å². The maximum absolute atomic E-state index is 8.65. The van der Waals surface area contributed by atoms with Gasteiger partial charge >= 0.3 is 0 Å². The van der Waals surface area contributed by atoms with E-state index in [0.717, 1.165) is 11.3 Å². The molecule has 0 aromatic carbocycles. The molecule has 4 heteroatoms. The second kappa shape index (κ2) is 2.88. The number of pyridine rings is 1. The average Bonchev–Trinajstić information content (AvgIpc) is 2.58. The first kappa shape index (κ1) is 7.77. The van der Waals surface area contributed by atoms with Crippen LogP contribution in [0.1, 0.15) is 11.3 Å². The summed E-state index contributed by atoms with van der Waals surface area (Å²) in [6, 6.07) is 5.54. The SMILES string of the molecule is N#Cc1ccn2cc(CN)nc2c1. The lowest BCUT2D eigenvalue weighted by Crippen LogP contribution is -1.95. The van der Waals surface area contributed by atoms with Crippen LogP contribution in [-0.4, -0.2) is 9.38 Å². The maximum Gasteiger partial charge on any atom is 0.138 e. The van der Waals surface area contributed by atoms with E-state index in [0.29, 0.717) is 12.1 Å². The van der Waals surface area contributed by atoms with Crippen LogP contribution < -0.4 is 5.73 Å². The Morgan fingerprint density at radius 1 is 1.62 bits per heavy atom. The van der Waals surface area contributed by atoms with Gasteiger partial charge in [0.25, 0.3) is 0 Å². The van der Waals surface area contributed by atoms with Crippen LogP contribution in [0.25, 0.3) is 5.65 Å². The predicted octanol–water partition coefficient (Wildman–Crippen LogP) is 0.665. The van der Waals surface area contributed by atoms with Gasteiger partial charge in [0.2, 0.25) is 0 Å². The Kier molecular flexibility index (Phi) is 1.72. The van der Waals surface area contributed by atoms with Crippen molar-refractivity contribution in [3.05, 3.63) is 35.8 Å². The van der Waals surface area contributed by atoms with Crippen molar-refractivity contribution in [3.8, 4) is 6.07 Å². The van der Waals surface area contributed by atoms with Crippen molar-refractivity contribution in [1.29, 1.82) is 5.26 Å². The fraction of sp³-hybridized carbons (Fsp3) is 0.111. The van der Waals surface area contributed by atoms with Gasteiger partial charge in [-0.3, -0.25) is 0 Å². The Morgan fingerprint density at radius 3 is 3.15 bits per heavy atom. The average molecular weight is 172 g/mol. The molecule has 64 valence electrons. The van der Waals surface area contributed by atoms with Crippen molar-refractivity contribution in [2.75, 3.05) is 0 Å². The first-order chi connectivity index (χ1) is 6.33. The molecule has 0 atom stereocenters. The van der Waals surface area contributed by atoms with Gasteiger partial charge in [-0.1, -0.05) is 0 Å². The molecule has 0 aliphatic rings. The Bertz CT molecular complexity index is 478. The summed E-state index contributed by atoms with van der Waals surface area (Å²) < 4.78 is 1.85. The lowest BCUT2D eigenvalue weighted by molar-refractivity contribution is 1.02. The van der Waals surface area contributed by atoms with Gasteiger partial charge in [-0.15, -0.1) is 0 Å². The third-order valence-electron chi connectivity index (χ3n) is 1.85. The monoisotopic (exact) mass is 172 g/mol. The highest BCUT2D eigenvalue weighted by Crippen LogP contribution is 2.06. The minimum Gasteiger partial charge on any atom is -0.325 e. The summed E-state index contributed by atoms with van der Waals surface area (Å²) in [5, 5.41) is 8.65. The molecule has 0 bridgehead atoms. The quantitative estimate of drug-likeness (QED) is 0.687.